The van der Waals surface area contributed by atoms with Gasteiger partial charge in [0.1, 0.15) is 5.75 Å². The van der Waals surface area contributed by atoms with Gasteiger partial charge < -0.3 is 4.74 Å². The van der Waals surface area contributed by atoms with Crippen LogP contribution in [0.25, 0.3) is 10.8 Å². The van der Waals surface area contributed by atoms with Crippen LogP contribution in [0.4, 0.5) is 0 Å². The van der Waals surface area contributed by atoms with Crippen molar-refractivity contribution >= 4 is 32.4 Å². The largest absolute Gasteiger partial charge is 0.490 e. The second-order valence-electron chi connectivity index (χ2n) is 7.55. The van der Waals surface area contributed by atoms with Gasteiger partial charge in [-0.2, -0.15) is 10.5 Å². The highest BCUT2D eigenvalue weighted by molar-refractivity contribution is 8.15. The van der Waals surface area contributed by atoms with Gasteiger partial charge in [0.25, 0.3) is 0 Å². The molecule has 2 nitrogen and oxygen atoms in total. The highest BCUT2D eigenvalue weighted by Gasteiger charge is 2.18. The summed E-state index contributed by atoms with van der Waals surface area (Å²) >= 11 is 0. The van der Waals surface area contributed by atoms with Gasteiger partial charge in [-0.3, -0.25) is 4.79 Å². The van der Waals surface area contributed by atoms with Crippen LogP contribution >= 0.6 is 10.5 Å². The summed E-state index contributed by atoms with van der Waals surface area (Å²) in [5, 5.41) is 4.87. The van der Waals surface area contributed by atoms with Crippen LogP contribution in [0.1, 0.15) is 68.6 Å². The van der Waals surface area contributed by atoms with Gasteiger partial charge in [-0.15, -0.1) is 0 Å². The molecular formula is C23H28O2S. The second-order valence-corrected chi connectivity index (χ2v) is 9.59. The molecule has 0 radical (unpaired) electrons. The van der Waals surface area contributed by atoms with E-state index in [0.29, 0.717) is 6.10 Å². The van der Waals surface area contributed by atoms with Crippen LogP contribution in [0.2, 0.25) is 0 Å². The zero-order valence-electron chi connectivity index (χ0n) is 15.6. The molecule has 0 spiro atoms. The van der Waals surface area contributed by atoms with E-state index in [9.17, 15) is 4.79 Å². The molecule has 1 aliphatic heterocycles. The Hall–Kier alpha value is -1.61. The molecule has 0 N–H and O–H groups in total. The highest BCUT2D eigenvalue weighted by atomic mass is 32.2. The Balaban J connectivity index is 1.79. The maximum Gasteiger partial charge on any atom is 0.159 e. The molecule has 1 aliphatic carbocycles. The molecule has 1 atom stereocenters. The van der Waals surface area contributed by atoms with Crippen molar-refractivity contribution in [3.05, 3.63) is 35.9 Å². The lowest BCUT2D eigenvalue weighted by molar-refractivity contribution is 0.101. The van der Waals surface area contributed by atoms with Gasteiger partial charge in [0.05, 0.1) is 6.10 Å². The molecule has 3 heteroatoms. The lowest BCUT2D eigenvalue weighted by Crippen LogP contribution is -2.19. The van der Waals surface area contributed by atoms with Crippen molar-refractivity contribution in [2.75, 3.05) is 5.75 Å². The fourth-order valence-electron chi connectivity index (χ4n) is 4.12. The van der Waals surface area contributed by atoms with Gasteiger partial charge >= 0.3 is 0 Å². The molecule has 0 saturated heterocycles. The fourth-order valence-corrected chi connectivity index (χ4v) is 6.34. The van der Waals surface area contributed by atoms with Gasteiger partial charge in [0.2, 0.25) is 0 Å². The summed E-state index contributed by atoms with van der Waals surface area (Å²) < 4.78 is 6.42. The Bertz CT molecular complexity index is 847. The maximum atomic E-state index is 11.9. The third kappa shape index (κ3) is 3.73. The third-order valence-corrected chi connectivity index (χ3v) is 7.90. The van der Waals surface area contributed by atoms with E-state index in [2.05, 4.69) is 29.6 Å². The van der Waals surface area contributed by atoms with E-state index >= 15 is 0 Å². The first-order chi connectivity index (χ1) is 12.7. The Morgan fingerprint density at radius 2 is 1.85 bits per heavy atom. The van der Waals surface area contributed by atoms with Crippen LogP contribution in [0.5, 0.6) is 5.75 Å². The molecule has 2 aromatic carbocycles. The molecule has 1 saturated carbocycles. The summed E-state index contributed by atoms with van der Waals surface area (Å²) in [5.74, 6) is 2.36. The van der Waals surface area contributed by atoms with Crippen LogP contribution in [0.15, 0.2) is 35.2 Å². The molecule has 2 aliphatic rings. The molecule has 26 heavy (non-hydrogen) atoms. The molecule has 1 heterocycles. The van der Waals surface area contributed by atoms with Crippen LogP contribution in [-0.4, -0.2) is 23.0 Å². The van der Waals surface area contributed by atoms with E-state index < -0.39 is 0 Å². The predicted octanol–water partition coefficient (Wildman–Crippen LogP) is 6.37. The van der Waals surface area contributed by atoms with Gasteiger partial charge in [0, 0.05) is 15.8 Å². The molecule has 2 aromatic rings. The maximum absolute atomic E-state index is 11.9. The SMILES string of the molecule is CC(=O)c1ccc2c(OC3CCCCC3)ccc(S3=CCCCC3)c2c1. The smallest absolute Gasteiger partial charge is 0.159 e. The predicted molar refractivity (Wildman–Crippen MR) is 112 cm³/mol. The number of hydrogen-bond donors (Lipinski definition) is 0. The van der Waals surface area contributed by atoms with E-state index in [1.807, 2.05) is 6.07 Å². The Morgan fingerprint density at radius 3 is 2.58 bits per heavy atom. The van der Waals surface area contributed by atoms with Crippen molar-refractivity contribution in [3.63, 3.8) is 0 Å². The van der Waals surface area contributed by atoms with E-state index in [1.54, 1.807) is 6.92 Å². The van der Waals surface area contributed by atoms with E-state index in [-0.39, 0.29) is 16.3 Å². The fraction of sp³-hybridized carbons (Fsp3) is 0.478. The van der Waals surface area contributed by atoms with Crippen molar-refractivity contribution in [1.29, 1.82) is 0 Å². The van der Waals surface area contributed by atoms with Crippen molar-refractivity contribution in [2.45, 2.75) is 69.3 Å². The number of fused-ring (bicyclic) bond motifs is 1. The zero-order chi connectivity index (χ0) is 17.9. The number of ketones is 1. The first-order valence-electron chi connectivity index (χ1n) is 10.00. The van der Waals surface area contributed by atoms with Crippen molar-refractivity contribution in [1.82, 2.24) is 0 Å². The molecule has 4 rings (SSSR count). The Morgan fingerprint density at radius 1 is 1.00 bits per heavy atom. The number of Topliss-reactive ketones (excluding diaryl/α,β-unsaturated/α-hetero) is 1. The Labute approximate surface area is 158 Å². The van der Waals surface area contributed by atoms with Gasteiger partial charge in [0.15, 0.2) is 5.78 Å². The first kappa shape index (κ1) is 17.8. The van der Waals surface area contributed by atoms with Crippen molar-refractivity contribution in [3.8, 4) is 5.75 Å². The van der Waals surface area contributed by atoms with Crippen LogP contribution in [-0.2, 0) is 0 Å². The van der Waals surface area contributed by atoms with Gasteiger partial charge in [-0.05, 0) is 87.3 Å². The standard InChI is InChI=1S/C23H28O2S/c1-17(24)18-10-11-20-21(16-18)23(26-14-6-3-7-15-26)13-12-22(20)25-19-8-4-2-5-9-19/h10-14,16,19H,2-9,15H2,1H3. The lowest BCUT2D eigenvalue weighted by Gasteiger charge is -2.25. The summed E-state index contributed by atoms with van der Waals surface area (Å²) in [6.07, 6.45) is 10.4. The molecule has 0 bridgehead atoms. The number of hydrogen-bond acceptors (Lipinski definition) is 2. The monoisotopic (exact) mass is 368 g/mol. The molecule has 0 amide bonds. The van der Waals surface area contributed by atoms with Crippen LogP contribution in [0.3, 0.4) is 0 Å². The summed E-state index contributed by atoms with van der Waals surface area (Å²) in [4.78, 5) is 13.3. The number of benzene rings is 2. The van der Waals surface area contributed by atoms with Crippen molar-refractivity contribution in [2.24, 2.45) is 0 Å². The normalized spacial score (nSPS) is 21.3. The number of carbonyl (C=O) groups excluding carboxylic acids is 1. The Kier molecular flexibility index (Phi) is 5.44. The summed E-state index contributed by atoms with van der Waals surface area (Å²) in [6, 6.07) is 10.6. The molecule has 1 fully saturated rings. The third-order valence-electron chi connectivity index (χ3n) is 5.61. The average molecular weight is 369 g/mol. The van der Waals surface area contributed by atoms with E-state index in [0.717, 1.165) is 24.2 Å². The molecule has 0 aromatic heterocycles. The second kappa shape index (κ2) is 7.96. The van der Waals surface area contributed by atoms with E-state index in [4.69, 9.17) is 4.74 Å². The zero-order valence-corrected chi connectivity index (χ0v) is 16.4. The first-order valence-corrected chi connectivity index (χ1v) is 11.5. The minimum absolute atomic E-state index is 0.132. The van der Waals surface area contributed by atoms with Gasteiger partial charge in [-0.25, -0.2) is 0 Å². The minimum Gasteiger partial charge on any atom is -0.490 e. The lowest BCUT2D eigenvalue weighted by atomic mass is 9.97. The quantitative estimate of drug-likeness (QED) is 0.463. The summed E-state index contributed by atoms with van der Waals surface area (Å²) in [7, 11) is 0.189. The summed E-state index contributed by atoms with van der Waals surface area (Å²) in [5.41, 5.74) is 0.800. The number of rotatable bonds is 4. The van der Waals surface area contributed by atoms with Crippen LogP contribution in [0, 0.1) is 0 Å². The molecule has 138 valence electrons. The summed E-state index contributed by atoms with van der Waals surface area (Å²) in [6.45, 7) is 1.65. The molecule has 1 unspecified atom stereocenters. The number of carbonyl (C=O) groups is 1. The molecular weight excluding hydrogens is 340 g/mol. The van der Waals surface area contributed by atoms with Gasteiger partial charge in [-0.1, -0.05) is 17.9 Å². The van der Waals surface area contributed by atoms with Crippen molar-refractivity contribution < 1.29 is 9.53 Å². The highest BCUT2D eigenvalue weighted by Crippen LogP contribution is 2.40. The average Bonchev–Trinajstić information content (AvgIpc) is 2.69. The minimum atomic E-state index is 0.132. The number of ether oxygens (including phenoxy) is 1. The topological polar surface area (TPSA) is 26.3 Å². The van der Waals surface area contributed by atoms with Crippen LogP contribution < -0.4 is 4.74 Å². The van der Waals surface area contributed by atoms with E-state index in [1.165, 1.54) is 59.9 Å².